The molecule has 0 fully saturated rings. The molecular weight excluding hydrogens is 540 g/mol. The first-order valence-electron chi connectivity index (χ1n) is 14.4. The minimum Gasteiger partial charge on any atom is -0.489 e. The lowest BCUT2D eigenvalue weighted by molar-refractivity contribution is -0.130. The number of ether oxygens (including phenoxy) is 3. The summed E-state index contributed by atoms with van der Waals surface area (Å²) >= 11 is 0. The van der Waals surface area contributed by atoms with Crippen molar-refractivity contribution in [3.63, 3.8) is 0 Å². The molecule has 4 rings (SSSR count). The zero-order chi connectivity index (χ0) is 30.8. The van der Waals surface area contributed by atoms with Crippen molar-refractivity contribution >= 4 is 18.0 Å². The van der Waals surface area contributed by atoms with Crippen LogP contribution in [-0.4, -0.2) is 30.3 Å². The summed E-state index contributed by atoms with van der Waals surface area (Å²) in [5.74, 6) is 1.87. The Balaban J connectivity index is 1.49. The van der Waals surface area contributed by atoms with Gasteiger partial charge in [0.05, 0.1) is 0 Å². The van der Waals surface area contributed by atoms with Gasteiger partial charge in [-0.25, -0.2) is 0 Å². The summed E-state index contributed by atoms with van der Waals surface area (Å²) in [7, 11) is 1.62. The fourth-order valence-electron chi connectivity index (χ4n) is 5.01. The van der Waals surface area contributed by atoms with E-state index in [1.165, 1.54) is 4.90 Å². The number of benzene rings is 4. The molecular formula is C36H40N2O5. The van der Waals surface area contributed by atoms with Crippen molar-refractivity contribution < 1.29 is 23.8 Å². The molecule has 7 nitrogen and oxygen atoms in total. The zero-order valence-corrected chi connectivity index (χ0v) is 25.5. The number of likely N-dealkylation sites (N-methyl/N-ethyl adjacent to an activating group) is 1. The van der Waals surface area contributed by atoms with Crippen LogP contribution in [0.4, 0.5) is 5.69 Å². The second-order valence-corrected chi connectivity index (χ2v) is 11.0. The number of carbonyl (C=O) groups is 2. The van der Waals surface area contributed by atoms with Crippen LogP contribution in [0.2, 0.25) is 0 Å². The van der Waals surface area contributed by atoms with Crippen molar-refractivity contribution in [2.45, 2.75) is 53.6 Å². The van der Waals surface area contributed by atoms with Gasteiger partial charge in [0.2, 0.25) is 12.3 Å². The van der Waals surface area contributed by atoms with Crippen LogP contribution in [0, 0.1) is 19.8 Å². The van der Waals surface area contributed by atoms with Crippen LogP contribution in [0.3, 0.4) is 0 Å². The Bertz CT molecular complexity index is 1420. The van der Waals surface area contributed by atoms with Gasteiger partial charge in [0.1, 0.15) is 43.1 Å². The highest BCUT2D eigenvalue weighted by atomic mass is 16.5. The molecule has 0 saturated heterocycles. The van der Waals surface area contributed by atoms with Crippen LogP contribution in [0.5, 0.6) is 17.2 Å². The summed E-state index contributed by atoms with van der Waals surface area (Å²) in [4.78, 5) is 25.7. The van der Waals surface area contributed by atoms with E-state index in [2.05, 4.69) is 5.32 Å². The van der Waals surface area contributed by atoms with Gasteiger partial charge in [0.25, 0.3) is 0 Å². The zero-order valence-electron chi connectivity index (χ0n) is 25.5. The maximum Gasteiger partial charge on any atom is 0.247 e. The van der Waals surface area contributed by atoms with E-state index in [1.54, 1.807) is 7.05 Å². The monoisotopic (exact) mass is 580 g/mol. The Kier molecular flexibility index (Phi) is 10.8. The highest BCUT2D eigenvalue weighted by Gasteiger charge is 2.26. The van der Waals surface area contributed by atoms with Gasteiger partial charge < -0.3 is 24.4 Å². The number of nitrogens with zero attached hydrogens (tertiary/aromatic N) is 1. The first-order valence-corrected chi connectivity index (χ1v) is 14.4. The average molecular weight is 581 g/mol. The number of anilines is 1. The van der Waals surface area contributed by atoms with E-state index in [0.29, 0.717) is 43.4 Å². The number of hydrogen-bond acceptors (Lipinski definition) is 5. The molecule has 0 saturated carbocycles. The minimum atomic E-state index is -0.566. The number of aryl methyl sites for hydroxylation is 2. The van der Waals surface area contributed by atoms with Gasteiger partial charge in [0, 0.05) is 18.8 Å². The number of carbonyl (C=O) groups excluding carboxylic acids is 2. The smallest absolute Gasteiger partial charge is 0.247 e. The summed E-state index contributed by atoms with van der Waals surface area (Å²) in [5, 5.41) is 2.96. The Morgan fingerprint density at radius 3 is 1.70 bits per heavy atom. The second-order valence-electron chi connectivity index (χ2n) is 11.0. The van der Waals surface area contributed by atoms with Crippen molar-refractivity contribution in [1.29, 1.82) is 0 Å². The van der Waals surface area contributed by atoms with Crippen LogP contribution >= 0.6 is 0 Å². The first kappa shape index (κ1) is 31.2. The van der Waals surface area contributed by atoms with E-state index in [-0.39, 0.29) is 11.8 Å². The van der Waals surface area contributed by atoms with Gasteiger partial charge in [-0.1, -0.05) is 74.5 Å². The Morgan fingerprint density at radius 1 is 0.744 bits per heavy atom. The summed E-state index contributed by atoms with van der Waals surface area (Å²) < 4.78 is 18.6. The van der Waals surface area contributed by atoms with E-state index in [0.717, 1.165) is 33.6 Å². The Hall–Kier alpha value is -4.78. The molecule has 7 heteroatoms. The maximum absolute atomic E-state index is 13.0. The van der Waals surface area contributed by atoms with E-state index < -0.39 is 6.04 Å². The molecule has 0 aliphatic rings. The highest BCUT2D eigenvalue weighted by Crippen LogP contribution is 2.30. The largest absolute Gasteiger partial charge is 0.489 e. The van der Waals surface area contributed by atoms with Gasteiger partial charge in [-0.2, -0.15) is 0 Å². The standard InChI is InChI=1S/C36H40N2O5/c1-25(2)34(38(5)24-39)36(40)37-31-16-26(3)35(27(4)17-31)43-23-30-18-32(41-21-28-12-8-6-9-13-28)20-33(19-30)42-22-29-14-10-7-11-15-29/h6-20,24-25,34H,21-23H2,1-5H3,(H,37,40)/t34-/m0/s1. The molecule has 0 aromatic heterocycles. The van der Waals surface area contributed by atoms with Crippen LogP contribution in [-0.2, 0) is 29.4 Å². The predicted octanol–water partition coefficient (Wildman–Crippen LogP) is 7.09. The third kappa shape index (κ3) is 8.85. The molecule has 4 aromatic rings. The lowest BCUT2D eigenvalue weighted by Crippen LogP contribution is -2.44. The molecule has 0 heterocycles. The van der Waals surface area contributed by atoms with Gasteiger partial charge in [-0.05, 0) is 71.8 Å². The van der Waals surface area contributed by atoms with Crippen molar-refractivity contribution in [3.05, 3.63) is 119 Å². The lowest BCUT2D eigenvalue weighted by Gasteiger charge is -2.27. The highest BCUT2D eigenvalue weighted by molar-refractivity contribution is 5.96. The van der Waals surface area contributed by atoms with Crippen LogP contribution in [0.1, 0.15) is 41.7 Å². The number of nitrogens with one attached hydrogen (secondary N) is 1. The number of hydrogen-bond donors (Lipinski definition) is 1. The van der Waals surface area contributed by atoms with E-state index in [1.807, 2.05) is 119 Å². The van der Waals surface area contributed by atoms with Gasteiger partial charge in [0.15, 0.2) is 0 Å². The molecule has 224 valence electrons. The fourth-order valence-corrected chi connectivity index (χ4v) is 5.01. The first-order chi connectivity index (χ1) is 20.7. The molecule has 1 atom stereocenters. The van der Waals surface area contributed by atoms with Crippen molar-refractivity contribution in [2.75, 3.05) is 12.4 Å². The molecule has 0 aliphatic carbocycles. The van der Waals surface area contributed by atoms with Gasteiger partial charge in [-0.3, -0.25) is 9.59 Å². The molecule has 1 N–H and O–H groups in total. The number of amides is 2. The van der Waals surface area contributed by atoms with Gasteiger partial charge in [-0.15, -0.1) is 0 Å². The second kappa shape index (κ2) is 14.9. The van der Waals surface area contributed by atoms with E-state index >= 15 is 0 Å². The quantitative estimate of drug-likeness (QED) is 0.161. The minimum absolute atomic E-state index is 0.0333. The normalized spacial score (nSPS) is 11.5. The predicted molar refractivity (Wildman–Crippen MR) is 169 cm³/mol. The molecule has 0 bridgehead atoms. The third-order valence-corrected chi connectivity index (χ3v) is 7.05. The molecule has 0 aliphatic heterocycles. The van der Waals surface area contributed by atoms with E-state index in [4.69, 9.17) is 14.2 Å². The molecule has 0 radical (unpaired) electrons. The van der Waals surface area contributed by atoms with Crippen LogP contribution in [0.15, 0.2) is 91.0 Å². The molecule has 2 amide bonds. The number of rotatable bonds is 14. The Labute approximate surface area is 254 Å². The van der Waals surface area contributed by atoms with Crippen LogP contribution in [0.25, 0.3) is 0 Å². The average Bonchev–Trinajstić information content (AvgIpc) is 2.99. The summed E-state index contributed by atoms with van der Waals surface area (Å²) in [5.41, 5.74) is 5.49. The maximum atomic E-state index is 13.0. The summed E-state index contributed by atoms with van der Waals surface area (Å²) in [6.07, 6.45) is 0.678. The van der Waals surface area contributed by atoms with E-state index in [9.17, 15) is 9.59 Å². The van der Waals surface area contributed by atoms with Crippen LogP contribution < -0.4 is 19.5 Å². The molecule has 43 heavy (non-hydrogen) atoms. The lowest BCUT2D eigenvalue weighted by atomic mass is 10.0. The van der Waals surface area contributed by atoms with Crippen molar-refractivity contribution in [2.24, 2.45) is 5.92 Å². The fraction of sp³-hybridized carbons (Fsp3) is 0.278. The van der Waals surface area contributed by atoms with Crippen molar-refractivity contribution in [3.8, 4) is 17.2 Å². The van der Waals surface area contributed by atoms with Gasteiger partial charge >= 0.3 is 0 Å². The summed E-state index contributed by atoms with van der Waals surface area (Å²) in [6, 6.07) is 29.1. The molecule has 4 aromatic carbocycles. The third-order valence-electron chi connectivity index (χ3n) is 7.05. The summed E-state index contributed by atoms with van der Waals surface area (Å²) in [6.45, 7) is 8.91. The molecule has 0 unspecified atom stereocenters. The topological polar surface area (TPSA) is 77.1 Å². The molecule has 0 spiro atoms. The van der Waals surface area contributed by atoms with Crippen molar-refractivity contribution in [1.82, 2.24) is 4.90 Å². The Morgan fingerprint density at radius 2 is 1.23 bits per heavy atom. The SMILES string of the molecule is Cc1cc(NC(=O)[C@H](C(C)C)N(C)C=O)cc(C)c1OCc1cc(OCc2ccccc2)cc(OCc2ccccc2)c1.